The highest BCUT2D eigenvalue weighted by atomic mass is 35.5. The Morgan fingerprint density at radius 1 is 0.968 bits per heavy atom. The van der Waals surface area contributed by atoms with Gasteiger partial charge in [0.1, 0.15) is 18.2 Å². The van der Waals surface area contributed by atoms with E-state index in [1.54, 1.807) is 0 Å². The van der Waals surface area contributed by atoms with Crippen LogP contribution in [-0.4, -0.2) is 28.6 Å². The Balaban J connectivity index is 1.37. The number of aromatic nitrogens is 2. The lowest BCUT2D eigenvalue weighted by atomic mass is 10.1. The maximum absolute atomic E-state index is 12.2. The SMILES string of the molecule is O=C(Cc1ccccc1)NCCc1nc2ccccc2n1CCOc1ccc(Cl)cc1. The zero-order valence-corrected chi connectivity index (χ0v) is 17.9. The van der Waals surface area contributed by atoms with Gasteiger partial charge in [-0.25, -0.2) is 4.98 Å². The fourth-order valence-corrected chi connectivity index (χ4v) is 3.63. The summed E-state index contributed by atoms with van der Waals surface area (Å²) in [6.45, 7) is 1.71. The van der Waals surface area contributed by atoms with Gasteiger partial charge in [0.25, 0.3) is 0 Å². The number of hydrogen-bond donors (Lipinski definition) is 1. The number of rotatable bonds is 9. The fraction of sp³-hybridized carbons (Fsp3) is 0.200. The van der Waals surface area contributed by atoms with Gasteiger partial charge in [-0.2, -0.15) is 0 Å². The van der Waals surface area contributed by atoms with Gasteiger partial charge in [0.15, 0.2) is 0 Å². The second kappa shape index (κ2) is 10.1. The minimum atomic E-state index is 0.0138. The summed E-state index contributed by atoms with van der Waals surface area (Å²) in [6.07, 6.45) is 1.03. The molecule has 1 aromatic heterocycles. The Hall–Kier alpha value is -3.31. The van der Waals surface area contributed by atoms with Gasteiger partial charge in [0, 0.05) is 18.0 Å². The molecule has 1 heterocycles. The van der Waals surface area contributed by atoms with Crippen LogP contribution in [0.4, 0.5) is 0 Å². The second-order valence-electron chi connectivity index (χ2n) is 7.23. The summed E-state index contributed by atoms with van der Waals surface area (Å²) >= 11 is 5.93. The first kappa shape index (κ1) is 20.9. The number of imidazole rings is 1. The van der Waals surface area contributed by atoms with Crippen LogP contribution in [-0.2, 0) is 24.2 Å². The largest absolute Gasteiger partial charge is 0.492 e. The number of halogens is 1. The molecule has 0 bridgehead atoms. The number of carbonyl (C=O) groups is 1. The molecule has 0 atom stereocenters. The Kier molecular flexibility index (Phi) is 6.85. The molecule has 0 unspecified atom stereocenters. The molecular formula is C25H24ClN3O2. The molecule has 0 aliphatic carbocycles. The Bertz CT molecular complexity index is 1140. The van der Waals surface area contributed by atoms with Crippen LogP contribution in [0.5, 0.6) is 5.75 Å². The summed E-state index contributed by atoms with van der Waals surface area (Å²) in [5.74, 6) is 1.73. The van der Waals surface area contributed by atoms with Crippen molar-refractivity contribution in [3.05, 3.63) is 95.3 Å². The van der Waals surface area contributed by atoms with E-state index in [9.17, 15) is 4.79 Å². The highest BCUT2D eigenvalue weighted by molar-refractivity contribution is 6.30. The highest BCUT2D eigenvalue weighted by Gasteiger charge is 2.11. The molecule has 1 amide bonds. The van der Waals surface area contributed by atoms with Crippen molar-refractivity contribution in [2.45, 2.75) is 19.4 Å². The van der Waals surface area contributed by atoms with Crippen molar-refractivity contribution < 1.29 is 9.53 Å². The molecule has 1 N–H and O–H groups in total. The van der Waals surface area contributed by atoms with E-state index in [0.29, 0.717) is 37.6 Å². The van der Waals surface area contributed by atoms with Crippen molar-refractivity contribution in [2.75, 3.05) is 13.2 Å². The number of hydrogen-bond acceptors (Lipinski definition) is 3. The van der Waals surface area contributed by atoms with Gasteiger partial charge in [-0.1, -0.05) is 54.1 Å². The molecule has 0 aliphatic heterocycles. The molecule has 0 spiro atoms. The first-order valence-corrected chi connectivity index (χ1v) is 10.7. The van der Waals surface area contributed by atoms with E-state index in [0.717, 1.165) is 28.2 Å². The van der Waals surface area contributed by atoms with Crippen molar-refractivity contribution in [1.29, 1.82) is 0 Å². The van der Waals surface area contributed by atoms with Crippen LogP contribution in [0.25, 0.3) is 11.0 Å². The molecule has 0 aliphatic rings. The van der Waals surface area contributed by atoms with Gasteiger partial charge in [-0.15, -0.1) is 0 Å². The number of nitrogens with zero attached hydrogens (tertiary/aromatic N) is 2. The van der Waals surface area contributed by atoms with Gasteiger partial charge >= 0.3 is 0 Å². The van der Waals surface area contributed by atoms with Gasteiger partial charge in [0.05, 0.1) is 24.0 Å². The van der Waals surface area contributed by atoms with Crippen molar-refractivity contribution in [1.82, 2.24) is 14.9 Å². The lowest BCUT2D eigenvalue weighted by Crippen LogP contribution is -2.28. The van der Waals surface area contributed by atoms with E-state index in [-0.39, 0.29) is 5.91 Å². The lowest BCUT2D eigenvalue weighted by molar-refractivity contribution is -0.120. The standard InChI is InChI=1S/C25H24ClN3O2/c26-20-10-12-21(13-11-20)31-17-16-29-23-9-5-4-8-22(23)28-24(29)14-15-27-25(30)18-19-6-2-1-3-7-19/h1-13H,14-18H2,(H,27,30). The van der Waals surface area contributed by atoms with E-state index in [1.165, 1.54) is 0 Å². The van der Waals surface area contributed by atoms with Crippen LogP contribution < -0.4 is 10.1 Å². The lowest BCUT2D eigenvalue weighted by Gasteiger charge is -2.11. The highest BCUT2D eigenvalue weighted by Crippen LogP contribution is 2.18. The maximum Gasteiger partial charge on any atom is 0.224 e. The predicted octanol–water partition coefficient (Wildman–Crippen LogP) is 4.67. The van der Waals surface area contributed by atoms with Crippen molar-refractivity contribution >= 4 is 28.5 Å². The second-order valence-corrected chi connectivity index (χ2v) is 7.67. The quantitative estimate of drug-likeness (QED) is 0.417. The van der Waals surface area contributed by atoms with E-state index in [4.69, 9.17) is 21.3 Å². The topological polar surface area (TPSA) is 56.2 Å². The molecule has 31 heavy (non-hydrogen) atoms. The fourth-order valence-electron chi connectivity index (χ4n) is 3.51. The first-order valence-electron chi connectivity index (χ1n) is 10.3. The number of benzene rings is 3. The average molecular weight is 434 g/mol. The van der Waals surface area contributed by atoms with Gasteiger partial charge in [-0.3, -0.25) is 4.79 Å². The van der Waals surface area contributed by atoms with Crippen molar-refractivity contribution in [3.8, 4) is 5.75 Å². The van der Waals surface area contributed by atoms with Crippen molar-refractivity contribution in [3.63, 3.8) is 0 Å². The van der Waals surface area contributed by atoms with E-state index in [2.05, 4.69) is 16.0 Å². The molecule has 4 aromatic rings. The maximum atomic E-state index is 12.2. The zero-order chi connectivity index (χ0) is 21.5. The smallest absolute Gasteiger partial charge is 0.224 e. The monoisotopic (exact) mass is 433 g/mol. The summed E-state index contributed by atoms with van der Waals surface area (Å²) in [7, 11) is 0. The zero-order valence-electron chi connectivity index (χ0n) is 17.1. The number of nitrogens with one attached hydrogen (secondary N) is 1. The molecular weight excluding hydrogens is 410 g/mol. The third-order valence-electron chi connectivity index (χ3n) is 5.01. The molecule has 0 saturated heterocycles. The molecule has 5 nitrogen and oxygen atoms in total. The molecule has 3 aromatic carbocycles. The number of amides is 1. The number of ether oxygens (including phenoxy) is 1. The number of fused-ring (bicyclic) bond motifs is 1. The molecule has 0 radical (unpaired) electrons. The third-order valence-corrected chi connectivity index (χ3v) is 5.26. The summed E-state index contributed by atoms with van der Waals surface area (Å²) < 4.78 is 8.03. The Morgan fingerprint density at radius 2 is 1.71 bits per heavy atom. The van der Waals surface area contributed by atoms with Crippen LogP contribution >= 0.6 is 11.6 Å². The average Bonchev–Trinajstić information content (AvgIpc) is 3.13. The van der Waals surface area contributed by atoms with Gasteiger partial charge in [-0.05, 0) is 42.0 Å². The number of carbonyl (C=O) groups excluding carboxylic acids is 1. The Labute approximate surface area is 186 Å². The first-order chi connectivity index (χ1) is 15.2. The minimum absolute atomic E-state index is 0.0138. The molecule has 0 fully saturated rings. The van der Waals surface area contributed by atoms with Crippen molar-refractivity contribution in [2.24, 2.45) is 0 Å². The molecule has 4 rings (SSSR count). The van der Waals surface area contributed by atoms with E-state index >= 15 is 0 Å². The van der Waals surface area contributed by atoms with Crippen LogP contribution in [0.15, 0.2) is 78.9 Å². The number of para-hydroxylation sites is 2. The molecule has 6 heteroatoms. The van der Waals surface area contributed by atoms with Crippen LogP contribution in [0.3, 0.4) is 0 Å². The molecule has 158 valence electrons. The van der Waals surface area contributed by atoms with E-state index < -0.39 is 0 Å². The summed E-state index contributed by atoms with van der Waals surface area (Å²) in [6, 6.07) is 25.1. The van der Waals surface area contributed by atoms with E-state index in [1.807, 2.05) is 72.8 Å². The predicted molar refractivity (Wildman–Crippen MR) is 124 cm³/mol. The van der Waals surface area contributed by atoms with Crippen LogP contribution in [0, 0.1) is 0 Å². The summed E-state index contributed by atoms with van der Waals surface area (Å²) in [4.78, 5) is 17.0. The molecule has 0 saturated carbocycles. The van der Waals surface area contributed by atoms with Gasteiger partial charge < -0.3 is 14.6 Å². The normalized spacial score (nSPS) is 10.9. The van der Waals surface area contributed by atoms with Crippen LogP contribution in [0.2, 0.25) is 5.02 Å². The minimum Gasteiger partial charge on any atom is -0.492 e. The van der Waals surface area contributed by atoms with Gasteiger partial charge in [0.2, 0.25) is 5.91 Å². The summed E-state index contributed by atoms with van der Waals surface area (Å²) in [5.41, 5.74) is 3.01. The Morgan fingerprint density at radius 3 is 2.52 bits per heavy atom. The summed E-state index contributed by atoms with van der Waals surface area (Å²) in [5, 5.41) is 3.69. The third kappa shape index (κ3) is 5.64. The van der Waals surface area contributed by atoms with Crippen LogP contribution in [0.1, 0.15) is 11.4 Å².